The van der Waals surface area contributed by atoms with E-state index in [9.17, 15) is 0 Å². The van der Waals surface area contributed by atoms with Gasteiger partial charge in [-0.2, -0.15) is 0 Å². The maximum atomic E-state index is 5.65. The van der Waals surface area contributed by atoms with E-state index >= 15 is 0 Å². The number of benzene rings is 1. The number of nitrogens with two attached hydrogens (primary N) is 1. The van der Waals surface area contributed by atoms with Crippen LogP contribution in [-0.4, -0.2) is 24.7 Å². The van der Waals surface area contributed by atoms with Crippen LogP contribution in [0.2, 0.25) is 0 Å². The number of hydrogen-bond acceptors (Lipinski definition) is 4. The average molecular weight is 448 g/mol. The zero-order valence-corrected chi connectivity index (χ0v) is 18.8. The first-order chi connectivity index (χ1) is 13.2. The number of ether oxygens (including phenoxy) is 1. The monoisotopic (exact) mass is 447 g/mol. The van der Waals surface area contributed by atoms with Crippen molar-refractivity contribution in [3.05, 3.63) is 36.0 Å². The van der Waals surface area contributed by atoms with Gasteiger partial charge in [0.05, 0.1) is 18.3 Å². The van der Waals surface area contributed by atoms with Gasteiger partial charge in [-0.1, -0.05) is 31.4 Å². The Kier molecular flexibility index (Phi) is 9.26. The van der Waals surface area contributed by atoms with Gasteiger partial charge in [0.2, 0.25) is 0 Å². The summed E-state index contributed by atoms with van der Waals surface area (Å²) in [6.45, 7) is 2.91. The molecule has 1 unspecified atom stereocenters. The molecular formula is C23H34BrN3O. The molecule has 1 aliphatic rings. The second-order valence-corrected chi connectivity index (χ2v) is 7.70. The summed E-state index contributed by atoms with van der Waals surface area (Å²) in [6.07, 6.45) is 15.4. The van der Waals surface area contributed by atoms with Crippen LogP contribution in [0.5, 0.6) is 5.75 Å². The third-order valence-corrected chi connectivity index (χ3v) is 5.53. The first-order valence-electron chi connectivity index (χ1n) is 10.3. The van der Waals surface area contributed by atoms with E-state index in [1.165, 1.54) is 37.7 Å². The highest BCUT2D eigenvalue weighted by atomic mass is 79.9. The molecule has 1 fully saturated rings. The number of fused-ring (bicyclic) bond motifs is 1. The topological polar surface area (TPSA) is 60.2 Å². The fourth-order valence-electron chi connectivity index (χ4n) is 3.95. The number of allylic oxidation sites excluding steroid dienone is 1. The Morgan fingerprint density at radius 2 is 2.07 bits per heavy atom. The number of methoxy groups -OCH3 is 1. The Hall–Kier alpha value is -1.59. The predicted molar refractivity (Wildman–Crippen MR) is 126 cm³/mol. The standard InChI is InChI=1S/C23H33N3O.BrH/c1-17(7-6-13-24)26-22-16-20(27-2)15-21-19(12-14-25-23(21)22)11-10-18-8-4-3-5-9-18;/h10-12,14-18,26H,3-9,13,24H2,1-2H3;1H/b11-10+;. The van der Waals surface area contributed by atoms with Crippen molar-refractivity contribution in [3.8, 4) is 5.75 Å². The molecule has 1 saturated carbocycles. The Balaban J connectivity index is 0.00000280. The van der Waals surface area contributed by atoms with E-state index in [-0.39, 0.29) is 17.0 Å². The highest BCUT2D eigenvalue weighted by molar-refractivity contribution is 8.93. The number of aromatic nitrogens is 1. The summed E-state index contributed by atoms with van der Waals surface area (Å²) in [5.41, 5.74) is 8.89. The van der Waals surface area contributed by atoms with Gasteiger partial charge in [-0.05, 0) is 62.8 Å². The van der Waals surface area contributed by atoms with E-state index in [0.29, 0.717) is 12.0 Å². The van der Waals surface area contributed by atoms with Crippen molar-refractivity contribution in [2.45, 2.75) is 57.9 Å². The minimum absolute atomic E-state index is 0. The Morgan fingerprint density at radius 1 is 1.29 bits per heavy atom. The largest absolute Gasteiger partial charge is 0.497 e. The summed E-state index contributed by atoms with van der Waals surface area (Å²) in [5.74, 6) is 1.57. The fraction of sp³-hybridized carbons (Fsp3) is 0.522. The quantitative estimate of drug-likeness (QED) is 0.524. The molecule has 0 bridgehead atoms. The molecule has 1 aromatic carbocycles. The number of anilines is 1. The van der Waals surface area contributed by atoms with Crippen LogP contribution in [0, 0.1) is 5.92 Å². The van der Waals surface area contributed by atoms with Crippen molar-refractivity contribution in [2.75, 3.05) is 19.0 Å². The molecule has 28 heavy (non-hydrogen) atoms. The third-order valence-electron chi connectivity index (χ3n) is 5.53. The van der Waals surface area contributed by atoms with Crippen molar-refractivity contribution in [3.63, 3.8) is 0 Å². The lowest BCUT2D eigenvalue weighted by atomic mass is 9.88. The van der Waals surface area contributed by atoms with Gasteiger partial charge in [-0.15, -0.1) is 17.0 Å². The molecule has 0 radical (unpaired) electrons. The van der Waals surface area contributed by atoms with Crippen LogP contribution in [0.3, 0.4) is 0 Å². The van der Waals surface area contributed by atoms with Crippen LogP contribution in [0.1, 0.15) is 57.4 Å². The van der Waals surface area contributed by atoms with Crippen molar-refractivity contribution >= 4 is 39.6 Å². The van der Waals surface area contributed by atoms with Gasteiger partial charge in [-0.3, -0.25) is 4.98 Å². The van der Waals surface area contributed by atoms with Gasteiger partial charge in [0.1, 0.15) is 5.75 Å². The molecule has 0 amide bonds. The van der Waals surface area contributed by atoms with Crippen LogP contribution in [0.25, 0.3) is 17.0 Å². The Morgan fingerprint density at radius 3 is 2.79 bits per heavy atom. The van der Waals surface area contributed by atoms with Gasteiger partial charge in [-0.25, -0.2) is 0 Å². The van der Waals surface area contributed by atoms with Crippen molar-refractivity contribution in [1.29, 1.82) is 0 Å². The molecule has 1 aliphatic carbocycles. The highest BCUT2D eigenvalue weighted by Crippen LogP contribution is 2.32. The zero-order chi connectivity index (χ0) is 19.1. The molecule has 1 aromatic heterocycles. The van der Waals surface area contributed by atoms with Crippen molar-refractivity contribution in [1.82, 2.24) is 4.98 Å². The Bertz CT molecular complexity index is 772. The number of nitrogens with one attached hydrogen (secondary N) is 1. The Labute approximate surface area is 179 Å². The normalized spacial score (nSPS) is 16.1. The van der Waals surface area contributed by atoms with Crippen molar-refractivity contribution < 1.29 is 4.74 Å². The summed E-state index contributed by atoms with van der Waals surface area (Å²) in [4.78, 5) is 4.67. The molecule has 0 saturated heterocycles. The highest BCUT2D eigenvalue weighted by Gasteiger charge is 2.13. The number of rotatable bonds is 8. The van der Waals surface area contributed by atoms with E-state index in [0.717, 1.165) is 41.7 Å². The van der Waals surface area contributed by atoms with Crippen LogP contribution in [-0.2, 0) is 0 Å². The number of nitrogens with zero attached hydrogens (tertiary/aromatic N) is 1. The summed E-state index contributed by atoms with van der Waals surface area (Å²) >= 11 is 0. The van der Waals surface area contributed by atoms with E-state index in [4.69, 9.17) is 10.5 Å². The lowest BCUT2D eigenvalue weighted by Crippen LogP contribution is -2.17. The summed E-state index contributed by atoms with van der Waals surface area (Å²) in [6, 6.07) is 6.58. The van der Waals surface area contributed by atoms with Crippen LogP contribution < -0.4 is 15.8 Å². The number of halogens is 1. The lowest BCUT2D eigenvalue weighted by molar-refractivity contribution is 0.415. The maximum absolute atomic E-state index is 5.65. The van der Waals surface area contributed by atoms with Gasteiger partial charge in [0.15, 0.2) is 0 Å². The second kappa shape index (κ2) is 11.4. The van der Waals surface area contributed by atoms with E-state index in [1.54, 1.807) is 7.11 Å². The number of pyridine rings is 1. The number of hydrogen-bond donors (Lipinski definition) is 2. The van der Waals surface area contributed by atoms with Gasteiger partial charge < -0.3 is 15.8 Å². The van der Waals surface area contributed by atoms with Gasteiger partial charge >= 0.3 is 0 Å². The molecule has 1 atom stereocenters. The molecule has 154 valence electrons. The molecule has 4 nitrogen and oxygen atoms in total. The fourth-order valence-corrected chi connectivity index (χ4v) is 3.95. The van der Waals surface area contributed by atoms with Gasteiger partial charge in [0, 0.05) is 23.7 Å². The minimum Gasteiger partial charge on any atom is -0.497 e. The molecule has 2 aromatic rings. The third kappa shape index (κ3) is 5.95. The average Bonchev–Trinajstić information content (AvgIpc) is 2.71. The molecule has 1 heterocycles. The first kappa shape index (κ1) is 22.7. The molecule has 0 spiro atoms. The minimum atomic E-state index is 0. The molecule has 0 aliphatic heterocycles. The van der Waals surface area contributed by atoms with Crippen molar-refractivity contribution in [2.24, 2.45) is 11.7 Å². The first-order valence-corrected chi connectivity index (χ1v) is 10.3. The molecule has 5 heteroatoms. The van der Waals surface area contributed by atoms with Gasteiger partial charge in [0.25, 0.3) is 0 Å². The maximum Gasteiger partial charge on any atom is 0.121 e. The smallest absolute Gasteiger partial charge is 0.121 e. The SMILES string of the molecule is Br.COc1cc(NC(C)CCCN)c2nccc(/C=C/C3CCCCC3)c2c1. The van der Waals surface area contributed by atoms with E-state index < -0.39 is 0 Å². The van der Waals surface area contributed by atoms with Crippen LogP contribution >= 0.6 is 17.0 Å². The summed E-state index contributed by atoms with van der Waals surface area (Å²) in [5, 5.41) is 4.74. The van der Waals surface area contributed by atoms with E-state index in [1.807, 2.05) is 12.3 Å². The summed E-state index contributed by atoms with van der Waals surface area (Å²) in [7, 11) is 1.72. The summed E-state index contributed by atoms with van der Waals surface area (Å²) < 4.78 is 5.56. The lowest BCUT2D eigenvalue weighted by Gasteiger charge is -2.19. The van der Waals surface area contributed by atoms with Crippen LogP contribution in [0.4, 0.5) is 5.69 Å². The molecule has 3 N–H and O–H groups in total. The van der Waals surface area contributed by atoms with Crippen LogP contribution in [0.15, 0.2) is 30.5 Å². The predicted octanol–water partition coefficient (Wildman–Crippen LogP) is 5.95. The zero-order valence-electron chi connectivity index (χ0n) is 17.1. The molecule has 3 rings (SSSR count). The molecular weight excluding hydrogens is 414 g/mol. The van der Waals surface area contributed by atoms with E-state index in [2.05, 4.69) is 41.5 Å². The second-order valence-electron chi connectivity index (χ2n) is 7.70.